The maximum Gasteiger partial charge on any atom is 0.145 e. The Morgan fingerprint density at radius 3 is 2.65 bits per heavy atom. The molecule has 0 saturated carbocycles. The highest BCUT2D eigenvalue weighted by Gasteiger charge is 2.05. The fourth-order valence-electron chi connectivity index (χ4n) is 1.32. The van der Waals surface area contributed by atoms with E-state index in [9.17, 15) is 4.39 Å². The van der Waals surface area contributed by atoms with Gasteiger partial charge in [0.15, 0.2) is 0 Å². The lowest BCUT2D eigenvalue weighted by Gasteiger charge is -2.07. The van der Waals surface area contributed by atoms with Crippen molar-refractivity contribution in [1.29, 1.82) is 5.26 Å². The van der Waals surface area contributed by atoms with E-state index in [-0.39, 0.29) is 5.82 Å². The molecule has 0 aromatic heterocycles. The second kappa shape index (κ2) is 4.98. The second-order valence-electron chi connectivity index (χ2n) is 3.29. The van der Waals surface area contributed by atoms with Gasteiger partial charge in [-0.25, -0.2) is 4.39 Å². The third kappa shape index (κ3) is 2.63. The number of nitriles is 1. The largest absolute Gasteiger partial charge is 0.456 e. The van der Waals surface area contributed by atoms with Gasteiger partial charge < -0.3 is 4.74 Å². The lowest BCUT2D eigenvalue weighted by Crippen LogP contribution is -1.88. The van der Waals surface area contributed by atoms with E-state index in [2.05, 4.69) is 15.9 Å². The van der Waals surface area contributed by atoms with Crippen molar-refractivity contribution in [3.05, 3.63) is 58.3 Å². The molecule has 0 aliphatic rings. The zero-order valence-electron chi connectivity index (χ0n) is 8.65. The van der Waals surface area contributed by atoms with Gasteiger partial charge in [-0.15, -0.1) is 0 Å². The number of hydrogen-bond acceptors (Lipinski definition) is 2. The summed E-state index contributed by atoms with van der Waals surface area (Å²) in [7, 11) is 0. The minimum absolute atomic E-state index is 0.324. The van der Waals surface area contributed by atoms with E-state index in [0.29, 0.717) is 21.5 Å². The molecule has 0 radical (unpaired) electrons. The molecule has 0 aliphatic carbocycles. The van der Waals surface area contributed by atoms with Crippen LogP contribution in [0, 0.1) is 17.1 Å². The first-order chi connectivity index (χ1) is 8.20. The third-order valence-electron chi connectivity index (χ3n) is 2.13. The van der Waals surface area contributed by atoms with Crippen LogP contribution in [0.1, 0.15) is 5.56 Å². The molecule has 4 heteroatoms. The molecule has 0 fully saturated rings. The molecule has 0 aliphatic heterocycles. The Kier molecular flexibility index (Phi) is 3.40. The van der Waals surface area contributed by atoms with Crippen LogP contribution in [0.5, 0.6) is 11.5 Å². The predicted octanol–water partition coefficient (Wildman–Crippen LogP) is 4.25. The first-order valence-corrected chi connectivity index (χ1v) is 5.62. The van der Waals surface area contributed by atoms with Crippen LogP contribution in [0.25, 0.3) is 0 Å². The number of benzene rings is 2. The van der Waals surface area contributed by atoms with Gasteiger partial charge in [-0.05, 0) is 46.3 Å². The standard InChI is InChI=1S/C13H7BrFNO/c14-11-7-10(5-6-12(11)15)17-13-4-2-1-3-9(13)8-16/h1-7H. The Hall–Kier alpha value is -1.86. The smallest absolute Gasteiger partial charge is 0.145 e. The van der Waals surface area contributed by atoms with Gasteiger partial charge in [-0.2, -0.15) is 5.26 Å². The molecule has 84 valence electrons. The van der Waals surface area contributed by atoms with E-state index >= 15 is 0 Å². The molecule has 0 spiro atoms. The van der Waals surface area contributed by atoms with Crippen LogP contribution in [0.3, 0.4) is 0 Å². The number of para-hydroxylation sites is 1. The highest BCUT2D eigenvalue weighted by atomic mass is 79.9. The van der Waals surface area contributed by atoms with Crippen LogP contribution < -0.4 is 4.74 Å². The first-order valence-electron chi connectivity index (χ1n) is 4.83. The maximum absolute atomic E-state index is 13.0. The Balaban J connectivity index is 2.32. The zero-order chi connectivity index (χ0) is 12.3. The van der Waals surface area contributed by atoms with Crippen LogP contribution in [0.2, 0.25) is 0 Å². The van der Waals surface area contributed by atoms with Crippen LogP contribution in [-0.2, 0) is 0 Å². The van der Waals surface area contributed by atoms with Gasteiger partial charge in [-0.3, -0.25) is 0 Å². The minimum atomic E-state index is -0.356. The highest BCUT2D eigenvalue weighted by Crippen LogP contribution is 2.28. The van der Waals surface area contributed by atoms with Gasteiger partial charge in [0.1, 0.15) is 23.4 Å². The molecule has 17 heavy (non-hydrogen) atoms. The molecule has 0 saturated heterocycles. The lowest BCUT2D eigenvalue weighted by atomic mass is 10.2. The topological polar surface area (TPSA) is 33.0 Å². The van der Waals surface area contributed by atoms with Crippen LogP contribution in [0.15, 0.2) is 46.9 Å². The summed E-state index contributed by atoms with van der Waals surface area (Å²) < 4.78 is 18.9. The lowest BCUT2D eigenvalue weighted by molar-refractivity contribution is 0.478. The molecular formula is C13H7BrFNO. The number of ether oxygens (including phenoxy) is 1. The van der Waals surface area contributed by atoms with E-state index in [1.165, 1.54) is 18.2 Å². The molecule has 0 amide bonds. The quantitative estimate of drug-likeness (QED) is 0.828. The summed E-state index contributed by atoms with van der Waals surface area (Å²) >= 11 is 3.07. The van der Waals surface area contributed by atoms with Crippen LogP contribution in [-0.4, -0.2) is 0 Å². The molecule has 2 aromatic rings. The monoisotopic (exact) mass is 291 g/mol. The van der Waals surface area contributed by atoms with E-state index in [0.717, 1.165) is 0 Å². The van der Waals surface area contributed by atoms with Gasteiger partial charge in [0.2, 0.25) is 0 Å². The second-order valence-corrected chi connectivity index (χ2v) is 4.14. The molecule has 2 nitrogen and oxygen atoms in total. The number of hydrogen-bond donors (Lipinski definition) is 0. The van der Waals surface area contributed by atoms with Gasteiger partial charge in [0, 0.05) is 0 Å². The van der Waals surface area contributed by atoms with Crippen molar-refractivity contribution in [3.8, 4) is 17.6 Å². The van der Waals surface area contributed by atoms with Crippen molar-refractivity contribution < 1.29 is 9.13 Å². The van der Waals surface area contributed by atoms with Crippen LogP contribution in [0.4, 0.5) is 4.39 Å². The summed E-state index contributed by atoms with van der Waals surface area (Å²) in [5.74, 6) is 0.570. The Labute approximate surface area is 106 Å². The number of halogens is 2. The summed E-state index contributed by atoms with van der Waals surface area (Å²) in [6.07, 6.45) is 0. The summed E-state index contributed by atoms with van der Waals surface area (Å²) in [6, 6.07) is 13.2. The molecule has 2 aromatic carbocycles. The molecule has 0 atom stereocenters. The summed E-state index contributed by atoms with van der Waals surface area (Å²) in [5, 5.41) is 8.90. The van der Waals surface area contributed by atoms with E-state index in [4.69, 9.17) is 10.00 Å². The van der Waals surface area contributed by atoms with Crippen molar-refractivity contribution >= 4 is 15.9 Å². The fraction of sp³-hybridized carbons (Fsp3) is 0. The van der Waals surface area contributed by atoms with E-state index in [1.807, 2.05) is 6.07 Å². The van der Waals surface area contributed by atoms with Gasteiger partial charge in [0.25, 0.3) is 0 Å². The molecule has 0 unspecified atom stereocenters. The third-order valence-corrected chi connectivity index (χ3v) is 2.73. The Bertz CT molecular complexity index is 592. The normalized spacial score (nSPS) is 9.71. The zero-order valence-corrected chi connectivity index (χ0v) is 10.2. The molecule has 0 bridgehead atoms. The molecular weight excluding hydrogens is 285 g/mol. The van der Waals surface area contributed by atoms with E-state index < -0.39 is 0 Å². The van der Waals surface area contributed by atoms with E-state index in [1.54, 1.807) is 24.3 Å². The average molecular weight is 292 g/mol. The SMILES string of the molecule is N#Cc1ccccc1Oc1ccc(F)c(Br)c1. The highest BCUT2D eigenvalue weighted by molar-refractivity contribution is 9.10. The van der Waals surface area contributed by atoms with Gasteiger partial charge >= 0.3 is 0 Å². The fourth-order valence-corrected chi connectivity index (χ4v) is 1.67. The maximum atomic E-state index is 13.0. The minimum Gasteiger partial charge on any atom is -0.456 e. The predicted molar refractivity (Wildman–Crippen MR) is 65.3 cm³/mol. The Morgan fingerprint density at radius 1 is 1.18 bits per heavy atom. The van der Waals surface area contributed by atoms with Crippen molar-refractivity contribution in [2.24, 2.45) is 0 Å². The Morgan fingerprint density at radius 2 is 1.94 bits per heavy atom. The van der Waals surface area contributed by atoms with Crippen LogP contribution >= 0.6 is 15.9 Å². The summed E-state index contributed by atoms with van der Waals surface area (Å²) in [5.41, 5.74) is 0.438. The van der Waals surface area contributed by atoms with Gasteiger partial charge in [0.05, 0.1) is 10.0 Å². The average Bonchev–Trinajstić information content (AvgIpc) is 2.34. The first kappa shape index (κ1) is 11.6. The number of nitrogens with zero attached hydrogens (tertiary/aromatic N) is 1. The van der Waals surface area contributed by atoms with Crippen molar-refractivity contribution in [1.82, 2.24) is 0 Å². The summed E-state index contributed by atoms with van der Waals surface area (Å²) in [6.45, 7) is 0. The molecule has 2 rings (SSSR count). The van der Waals surface area contributed by atoms with Crippen molar-refractivity contribution in [2.75, 3.05) is 0 Å². The molecule has 0 heterocycles. The summed E-state index contributed by atoms with van der Waals surface area (Å²) in [4.78, 5) is 0. The van der Waals surface area contributed by atoms with Crippen molar-refractivity contribution in [2.45, 2.75) is 0 Å². The number of rotatable bonds is 2. The molecule has 0 N–H and O–H groups in total. The van der Waals surface area contributed by atoms with Crippen molar-refractivity contribution in [3.63, 3.8) is 0 Å². The van der Waals surface area contributed by atoms with Gasteiger partial charge in [-0.1, -0.05) is 12.1 Å².